The van der Waals surface area contributed by atoms with E-state index in [1.54, 1.807) is 6.07 Å². The summed E-state index contributed by atoms with van der Waals surface area (Å²) < 4.78 is 7.83. The maximum atomic E-state index is 6.17. The van der Waals surface area contributed by atoms with Gasteiger partial charge in [-0.2, -0.15) is 5.10 Å². The maximum absolute atomic E-state index is 6.17. The van der Waals surface area contributed by atoms with Crippen LogP contribution in [0.4, 0.5) is 0 Å². The van der Waals surface area contributed by atoms with E-state index in [1.165, 1.54) is 0 Å². The molecule has 0 atom stereocenters. The summed E-state index contributed by atoms with van der Waals surface area (Å²) in [5.74, 6) is 0.652. The quantitative estimate of drug-likeness (QED) is 0.843. The van der Waals surface area contributed by atoms with Crippen molar-refractivity contribution < 1.29 is 4.74 Å². The number of para-hydroxylation sites is 1. The second-order valence-corrected chi connectivity index (χ2v) is 5.39. The van der Waals surface area contributed by atoms with Gasteiger partial charge in [0.2, 0.25) is 0 Å². The fourth-order valence-electron chi connectivity index (χ4n) is 2.34. The summed E-state index contributed by atoms with van der Waals surface area (Å²) in [7, 11) is 0. The summed E-state index contributed by atoms with van der Waals surface area (Å²) >= 11 is 6.17. The van der Waals surface area contributed by atoms with Crippen molar-refractivity contribution in [2.45, 2.75) is 45.9 Å². The van der Waals surface area contributed by atoms with Crippen molar-refractivity contribution in [3.8, 4) is 5.75 Å². The number of nitrogens with two attached hydrogens (primary N) is 1. The van der Waals surface area contributed by atoms with Crippen molar-refractivity contribution in [2.24, 2.45) is 5.73 Å². The lowest BCUT2D eigenvalue weighted by atomic mass is 10.2. The Labute approximate surface area is 130 Å². The summed E-state index contributed by atoms with van der Waals surface area (Å²) in [6.07, 6.45) is 4.15. The van der Waals surface area contributed by atoms with Crippen LogP contribution in [0.15, 0.2) is 30.5 Å². The normalized spacial score (nSPS) is 11.1. The zero-order chi connectivity index (χ0) is 15.2. The van der Waals surface area contributed by atoms with E-state index in [0.717, 1.165) is 24.1 Å². The van der Waals surface area contributed by atoms with E-state index in [2.05, 4.69) is 18.9 Å². The Morgan fingerprint density at radius 3 is 2.71 bits per heavy atom. The molecule has 0 aliphatic rings. The molecule has 0 amide bonds. The molecule has 0 saturated heterocycles. The van der Waals surface area contributed by atoms with E-state index in [-0.39, 0.29) is 0 Å². The second-order valence-electron chi connectivity index (χ2n) is 4.98. The third-order valence-corrected chi connectivity index (χ3v) is 3.91. The molecule has 0 unspecified atom stereocenters. The van der Waals surface area contributed by atoms with Crippen molar-refractivity contribution in [3.05, 3.63) is 46.7 Å². The van der Waals surface area contributed by atoms with Crippen LogP contribution in [-0.4, -0.2) is 9.78 Å². The zero-order valence-corrected chi connectivity index (χ0v) is 13.3. The van der Waals surface area contributed by atoms with Gasteiger partial charge in [-0.15, -0.1) is 0 Å². The van der Waals surface area contributed by atoms with Gasteiger partial charge in [-0.3, -0.25) is 4.68 Å². The van der Waals surface area contributed by atoms with Crippen LogP contribution in [-0.2, 0) is 13.2 Å². The van der Waals surface area contributed by atoms with Crippen LogP contribution in [0.5, 0.6) is 5.75 Å². The minimum Gasteiger partial charge on any atom is -0.485 e. The molecule has 0 spiro atoms. The first-order chi connectivity index (χ1) is 10.2. The molecule has 0 bridgehead atoms. The van der Waals surface area contributed by atoms with Crippen molar-refractivity contribution in [1.29, 1.82) is 0 Å². The Hall–Kier alpha value is -1.52. The molecule has 0 radical (unpaired) electrons. The average molecular weight is 308 g/mol. The zero-order valence-electron chi connectivity index (χ0n) is 12.6. The third-order valence-electron chi connectivity index (χ3n) is 3.61. The third kappa shape index (κ3) is 3.77. The Bertz CT molecular complexity index is 579. The smallest absolute Gasteiger partial charge is 0.142 e. The SMILES string of the molecule is CCC(CC)n1ccc(COc2c(Cl)cccc2CN)n1. The van der Waals surface area contributed by atoms with Crippen LogP contribution >= 0.6 is 11.6 Å². The van der Waals surface area contributed by atoms with Gasteiger partial charge < -0.3 is 10.5 Å². The number of rotatable bonds is 7. The summed E-state index contributed by atoms with van der Waals surface area (Å²) in [6.45, 7) is 5.13. The molecule has 0 saturated carbocycles. The molecule has 2 aromatic rings. The topological polar surface area (TPSA) is 53.1 Å². The Kier molecular flexibility index (Phi) is 5.65. The molecule has 21 heavy (non-hydrogen) atoms. The Morgan fingerprint density at radius 1 is 1.29 bits per heavy atom. The number of aromatic nitrogens is 2. The van der Waals surface area contributed by atoms with Gasteiger partial charge in [-0.05, 0) is 25.0 Å². The van der Waals surface area contributed by atoms with Crippen molar-refractivity contribution in [3.63, 3.8) is 0 Å². The van der Waals surface area contributed by atoms with Gasteiger partial charge in [0.05, 0.1) is 16.8 Å². The molecule has 1 heterocycles. The minimum atomic E-state index is 0.393. The van der Waals surface area contributed by atoms with Crippen LogP contribution in [0.2, 0.25) is 5.02 Å². The van der Waals surface area contributed by atoms with Crippen LogP contribution in [0.1, 0.15) is 44.0 Å². The first kappa shape index (κ1) is 15.9. The molecule has 1 aromatic heterocycles. The van der Waals surface area contributed by atoms with Gasteiger partial charge in [-0.1, -0.05) is 37.6 Å². The number of benzene rings is 1. The number of halogens is 1. The Morgan fingerprint density at radius 2 is 2.05 bits per heavy atom. The highest BCUT2D eigenvalue weighted by molar-refractivity contribution is 6.32. The van der Waals surface area contributed by atoms with E-state index in [4.69, 9.17) is 22.1 Å². The number of ether oxygens (including phenoxy) is 1. The van der Waals surface area contributed by atoms with E-state index in [9.17, 15) is 0 Å². The van der Waals surface area contributed by atoms with Crippen LogP contribution in [0.25, 0.3) is 0 Å². The van der Waals surface area contributed by atoms with E-state index < -0.39 is 0 Å². The second kappa shape index (κ2) is 7.48. The van der Waals surface area contributed by atoms with E-state index >= 15 is 0 Å². The van der Waals surface area contributed by atoms with Crippen molar-refractivity contribution >= 4 is 11.6 Å². The molecular formula is C16H22ClN3O. The molecule has 114 valence electrons. The summed E-state index contributed by atoms with van der Waals surface area (Å²) in [5.41, 5.74) is 7.51. The fraction of sp³-hybridized carbons (Fsp3) is 0.438. The predicted molar refractivity (Wildman–Crippen MR) is 85.5 cm³/mol. The molecular weight excluding hydrogens is 286 g/mol. The van der Waals surface area contributed by atoms with Gasteiger partial charge in [0, 0.05) is 18.3 Å². The molecule has 4 nitrogen and oxygen atoms in total. The standard InChI is InChI=1S/C16H22ClN3O/c1-3-14(4-2)20-9-8-13(19-20)11-21-16-12(10-18)6-5-7-15(16)17/h5-9,14H,3-4,10-11,18H2,1-2H3. The molecule has 0 fully saturated rings. The predicted octanol–water partition coefficient (Wildman–Crippen LogP) is 3.94. The summed E-state index contributed by atoms with van der Waals surface area (Å²) in [4.78, 5) is 0. The largest absolute Gasteiger partial charge is 0.485 e. The molecule has 0 aliphatic heterocycles. The van der Waals surface area contributed by atoms with Gasteiger partial charge in [0.1, 0.15) is 12.4 Å². The van der Waals surface area contributed by atoms with Crippen LogP contribution in [0.3, 0.4) is 0 Å². The summed E-state index contributed by atoms with van der Waals surface area (Å²) in [6, 6.07) is 8.03. The highest BCUT2D eigenvalue weighted by atomic mass is 35.5. The van der Waals surface area contributed by atoms with Crippen LogP contribution < -0.4 is 10.5 Å². The lowest BCUT2D eigenvalue weighted by Gasteiger charge is -2.13. The van der Waals surface area contributed by atoms with E-state index in [1.807, 2.05) is 29.1 Å². The molecule has 2 rings (SSSR count). The number of nitrogens with zero attached hydrogens (tertiary/aromatic N) is 2. The first-order valence-electron chi connectivity index (χ1n) is 7.33. The molecule has 2 N–H and O–H groups in total. The maximum Gasteiger partial charge on any atom is 0.142 e. The van der Waals surface area contributed by atoms with Crippen molar-refractivity contribution in [2.75, 3.05) is 0 Å². The highest BCUT2D eigenvalue weighted by Crippen LogP contribution is 2.29. The number of hydrogen-bond donors (Lipinski definition) is 1. The van der Waals surface area contributed by atoms with Gasteiger partial charge in [0.25, 0.3) is 0 Å². The average Bonchev–Trinajstić information content (AvgIpc) is 2.96. The lowest BCUT2D eigenvalue weighted by Crippen LogP contribution is -2.09. The lowest BCUT2D eigenvalue weighted by molar-refractivity contribution is 0.294. The van der Waals surface area contributed by atoms with Gasteiger partial charge >= 0.3 is 0 Å². The first-order valence-corrected chi connectivity index (χ1v) is 7.71. The molecule has 0 aliphatic carbocycles. The fourth-order valence-corrected chi connectivity index (χ4v) is 2.59. The van der Waals surface area contributed by atoms with Gasteiger partial charge in [0.15, 0.2) is 0 Å². The van der Waals surface area contributed by atoms with Gasteiger partial charge in [-0.25, -0.2) is 0 Å². The van der Waals surface area contributed by atoms with Crippen molar-refractivity contribution in [1.82, 2.24) is 9.78 Å². The minimum absolute atomic E-state index is 0.393. The number of hydrogen-bond acceptors (Lipinski definition) is 3. The molecule has 1 aromatic carbocycles. The van der Waals surface area contributed by atoms with E-state index in [0.29, 0.717) is 30.0 Å². The van der Waals surface area contributed by atoms with Crippen LogP contribution in [0, 0.1) is 0 Å². The molecule has 5 heteroatoms. The highest BCUT2D eigenvalue weighted by Gasteiger charge is 2.10. The Balaban J connectivity index is 2.07. The summed E-state index contributed by atoms with van der Waals surface area (Å²) in [5, 5.41) is 5.15. The monoisotopic (exact) mass is 307 g/mol.